The first-order valence-corrected chi connectivity index (χ1v) is 9.96. The van der Waals surface area contributed by atoms with Crippen LogP contribution in [0.5, 0.6) is 5.75 Å². The van der Waals surface area contributed by atoms with Crippen molar-refractivity contribution in [3.8, 4) is 5.75 Å². The number of benzene rings is 2. The summed E-state index contributed by atoms with van der Waals surface area (Å²) < 4.78 is 25.4. The first kappa shape index (κ1) is 20.5. The number of carbonyl (C=O) groups is 1. The Labute approximate surface area is 178 Å². The van der Waals surface area contributed by atoms with Crippen molar-refractivity contribution in [3.63, 3.8) is 0 Å². The molecule has 0 saturated heterocycles. The number of carbonyl (C=O) groups excluding carboxylic acids is 1. The van der Waals surface area contributed by atoms with Gasteiger partial charge in [0.1, 0.15) is 23.9 Å². The number of aryl methyl sites for hydroxylation is 3. The average molecular weight is 512 g/mol. The number of nitrogens with one attached hydrogen (secondary N) is 1. The number of amides is 1. The van der Waals surface area contributed by atoms with Crippen LogP contribution < -0.4 is 10.1 Å². The zero-order valence-corrected chi connectivity index (χ0v) is 18.6. The second kappa shape index (κ2) is 8.45. The zero-order valence-electron chi connectivity index (χ0n) is 15.4. The molecule has 1 N–H and O–H groups in total. The maximum atomic E-state index is 13.4. The molecule has 0 bridgehead atoms. The summed E-state index contributed by atoms with van der Waals surface area (Å²) in [6, 6.07) is 8.44. The summed E-state index contributed by atoms with van der Waals surface area (Å²) in [5.41, 5.74) is 3.13. The number of hydrogen-bond donors (Lipinski definition) is 1. The van der Waals surface area contributed by atoms with Crippen LogP contribution in [0.1, 0.15) is 32.9 Å². The van der Waals surface area contributed by atoms with Gasteiger partial charge in [0.25, 0.3) is 5.91 Å². The summed E-state index contributed by atoms with van der Waals surface area (Å²) in [4.78, 5) is 12.7. The van der Waals surface area contributed by atoms with Gasteiger partial charge in [-0.1, -0.05) is 17.3 Å². The Balaban J connectivity index is 1.82. The third-order valence-corrected chi connectivity index (χ3v) is 5.41. The van der Waals surface area contributed by atoms with E-state index in [1.165, 1.54) is 12.1 Å². The minimum absolute atomic E-state index is 0.117. The summed E-state index contributed by atoms with van der Waals surface area (Å²) in [6.45, 7) is 5.78. The third kappa shape index (κ3) is 4.44. The van der Waals surface area contributed by atoms with Crippen LogP contribution in [0.25, 0.3) is 0 Å². The molecule has 2 aromatic carbocycles. The van der Waals surface area contributed by atoms with E-state index in [0.717, 1.165) is 16.9 Å². The van der Waals surface area contributed by atoms with Crippen molar-refractivity contribution in [2.24, 2.45) is 0 Å². The lowest BCUT2D eigenvalue weighted by Crippen LogP contribution is -2.16. The average Bonchev–Trinajstić information content (AvgIpc) is 2.99. The minimum Gasteiger partial charge on any atom is -0.488 e. The lowest BCUT2D eigenvalue weighted by molar-refractivity contribution is 0.101. The normalized spacial score (nSPS) is 10.8. The fourth-order valence-corrected chi connectivity index (χ4v) is 3.92. The van der Waals surface area contributed by atoms with Gasteiger partial charge < -0.3 is 14.6 Å². The highest BCUT2D eigenvalue weighted by atomic mass is 79.9. The van der Waals surface area contributed by atoms with Crippen LogP contribution in [-0.2, 0) is 6.61 Å². The molecule has 5 nitrogen and oxygen atoms in total. The van der Waals surface area contributed by atoms with Gasteiger partial charge in [0, 0.05) is 8.95 Å². The maximum Gasteiger partial charge on any atom is 0.278 e. The van der Waals surface area contributed by atoms with Gasteiger partial charge in [-0.2, -0.15) is 0 Å². The molecule has 0 aliphatic rings. The van der Waals surface area contributed by atoms with E-state index in [9.17, 15) is 9.18 Å². The predicted octanol–water partition coefficient (Wildman–Crippen LogP) is 6.10. The maximum absolute atomic E-state index is 13.4. The highest BCUT2D eigenvalue weighted by Gasteiger charge is 2.22. The summed E-state index contributed by atoms with van der Waals surface area (Å²) in [7, 11) is 0. The molecule has 0 atom stereocenters. The van der Waals surface area contributed by atoms with Crippen LogP contribution >= 0.6 is 31.9 Å². The molecule has 28 heavy (non-hydrogen) atoms. The Morgan fingerprint density at radius 1 is 1.18 bits per heavy atom. The molecular weight excluding hydrogens is 495 g/mol. The molecule has 0 aliphatic carbocycles. The predicted molar refractivity (Wildman–Crippen MR) is 111 cm³/mol. The van der Waals surface area contributed by atoms with Gasteiger partial charge in [-0.15, -0.1) is 0 Å². The second-order valence-corrected chi connectivity index (χ2v) is 8.03. The number of halogens is 3. The Kier molecular flexibility index (Phi) is 6.20. The Morgan fingerprint density at radius 2 is 1.86 bits per heavy atom. The molecule has 0 aliphatic heterocycles. The van der Waals surface area contributed by atoms with Gasteiger partial charge in [0.05, 0.1) is 11.3 Å². The first-order chi connectivity index (χ1) is 13.3. The summed E-state index contributed by atoms with van der Waals surface area (Å²) in [6.07, 6.45) is 0. The van der Waals surface area contributed by atoms with E-state index in [-0.39, 0.29) is 12.3 Å². The van der Waals surface area contributed by atoms with Gasteiger partial charge in [-0.05, 0) is 82.0 Å². The molecule has 1 amide bonds. The Hall–Kier alpha value is -2.19. The largest absolute Gasteiger partial charge is 0.488 e. The van der Waals surface area contributed by atoms with Crippen molar-refractivity contribution in [3.05, 3.63) is 73.2 Å². The highest BCUT2D eigenvalue weighted by molar-refractivity contribution is 9.11. The zero-order chi connectivity index (χ0) is 20.4. The molecule has 3 rings (SSSR count). The van der Waals surface area contributed by atoms with E-state index >= 15 is 0 Å². The number of hydrogen-bond acceptors (Lipinski definition) is 4. The Morgan fingerprint density at radius 3 is 2.54 bits per heavy atom. The number of rotatable bonds is 5. The topological polar surface area (TPSA) is 64.4 Å². The fraction of sp³-hybridized carbons (Fsp3) is 0.200. The minimum atomic E-state index is -0.482. The number of aromatic nitrogens is 1. The van der Waals surface area contributed by atoms with Crippen molar-refractivity contribution < 1.29 is 18.4 Å². The van der Waals surface area contributed by atoms with Crippen molar-refractivity contribution in [2.75, 3.05) is 5.32 Å². The van der Waals surface area contributed by atoms with Gasteiger partial charge >= 0.3 is 0 Å². The van der Waals surface area contributed by atoms with E-state index in [0.29, 0.717) is 26.0 Å². The molecule has 3 aromatic rings. The van der Waals surface area contributed by atoms with Crippen molar-refractivity contribution in [2.45, 2.75) is 27.4 Å². The molecule has 0 fully saturated rings. The molecule has 1 heterocycles. The lowest BCUT2D eigenvalue weighted by Gasteiger charge is -2.11. The molecule has 1 aromatic heterocycles. The lowest BCUT2D eigenvalue weighted by atomic mass is 10.1. The van der Waals surface area contributed by atoms with Crippen LogP contribution in [0.3, 0.4) is 0 Å². The highest BCUT2D eigenvalue weighted by Crippen LogP contribution is 2.32. The van der Waals surface area contributed by atoms with Crippen LogP contribution in [-0.4, -0.2) is 11.1 Å². The van der Waals surface area contributed by atoms with E-state index in [2.05, 4.69) is 42.3 Å². The fourth-order valence-electron chi connectivity index (χ4n) is 2.59. The van der Waals surface area contributed by atoms with Crippen molar-refractivity contribution in [1.82, 2.24) is 5.16 Å². The number of anilines is 1. The first-order valence-electron chi connectivity index (χ1n) is 8.37. The molecule has 8 heteroatoms. The quantitative estimate of drug-likeness (QED) is 0.449. The monoisotopic (exact) mass is 510 g/mol. The molecule has 0 unspecified atom stereocenters. The molecular formula is C20H17Br2FN2O3. The summed E-state index contributed by atoms with van der Waals surface area (Å²) >= 11 is 6.49. The van der Waals surface area contributed by atoms with Crippen LogP contribution in [0.15, 0.2) is 43.8 Å². The van der Waals surface area contributed by atoms with Crippen LogP contribution in [0.4, 0.5) is 10.1 Å². The van der Waals surface area contributed by atoms with Crippen LogP contribution in [0.2, 0.25) is 0 Å². The number of nitrogens with zero attached hydrogens (tertiary/aromatic N) is 1. The van der Waals surface area contributed by atoms with Gasteiger partial charge in [0.15, 0.2) is 5.69 Å². The summed E-state index contributed by atoms with van der Waals surface area (Å²) in [5.74, 6) is 0.310. The smallest absolute Gasteiger partial charge is 0.278 e. The number of ether oxygens (including phenoxy) is 1. The third-order valence-electron chi connectivity index (χ3n) is 4.16. The van der Waals surface area contributed by atoms with E-state index in [4.69, 9.17) is 9.26 Å². The van der Waals surface area contributed by atoms with Gasteiger partial charge in [-0.3, -0.25) is 4.79 Å². The van der Waals surface area contributed by atoms with Crippen molar-refractivity contribution in [1.29, 1.82) is 0 Å². The second-order valence-electron chi connectivity index (χ2n) is 6.32. The van der Waals surface area contributed by atoms with E-state index < -0.39 is 11.7 Å². The molecule has 0 spiro atoms. The SMILES string of the molecule is Cc1ccc(C)c(OCc2c(C(=O)Nc3c(Br)cc(F)cc3Br)noc2C)c1. The summed E-state index contributed by atoms with van der Waals surface area (Å²) in [5, 5.41) is 6.59. The van der Waals surface area contributed by atoms with E-state index in [1.54, 1.807) is 6.92 Å². The standard InChI is InChI=1S/C20H17Br2FN2O3/c1-10-4-5-11(2)17(6-10)27-9-14-12(3)28-25-18(14)20(26)24-19-15(21)7-13(23)8-16(19)22/h4-8H,9H2,1-3H3,(H,24,26). The molecule has 0 saturated carbocycles. The van der Waals surface area contributed by atoms with Crippen molar-refractivity contribution >= 4 is 43.5 Å². The molecule has 0 radical (unpaired) electrons. The molecule has 146 valence electrons. The van der Waals surface area contributed by atoms with Crippen LogP contribution in [0, 0.1) is 26.6 Å². The van der Waals surface area contributed by atoms with E-state index in [1.807, 2.05) is 32.0 Å². The van der Waals surface area contributed by atoms with Gasteiger partial charge in [-0.25, -0.2) is 4.39 Å². The van der Waals surface area contributed by atoms with Gasteiger partial charge in [0.2, 0.25) is 0 Å². The Bertz CT molecular complexity index is 1030.